The van der Waals surface area contributed by atoms with Gasteiger partial charge in [0.1, 0.15) is 0 Å². The van der Waals surface area contributed by atoms with Gasteiger partial charge < -0.3 is 5.32 Å². The molecule has 0 saturated heterocycles. The summed E-state index contributed by atoms with van der Waals surface area (Å²) < 4.78 is 2.91. The Balaban J connectivity index is 1.83. The van der Waals surface area contributed by atoms with Gasteiger partial charge in [0, 0.05) is 28.1 Å². The lowest BCUT2D eigenvalue weighted by atomic mass is 10.2. The first-order chi connectivity index (χ1) is 10.5. The Labute approximate surface area is 143 Å². The zero-order chi connectivity index (χ0) is 16.1. The normalized spacial score (nSPS) is 10.9. The number of carbonyl (C=O) groups excluding carboxylic acids is 1. The third kappa shape index (κ3) is 4.55. The molecule has 0 bridgehead atoms. The molecule has 2 N–H and O–H groups in total. The molecule has 0 unspecified atom stereocenters. The van der Waals surface area contributed by atoms with Crippen LogP contribution in [-0.2, 0) is 11.8 Å². The Bertz CT molecular complexity index is 708. The standard InChI is InChI=1S/C15H18IN5O/c1-10-6-13(4-5-14(10)16)17-8-15(22)19-18-7-12-9-21(3)20-11(12)2/h4-7,9,17H,8H2,1-3H3,(H,19,22)/b18-7+. The van der Waals surface area contributed by atoms with Gasteiger partial charge >= 0.3 is 0 Å². The van der Waals surface area contributed by atoms with Crippen LogP contribution >= 0.6 is 22.6 Å². The zero-order valence-corrected chi connectivity index (χ0v) is 14.9. The van der Waals surface area contributed by atoms with Crippen LogP contribution in [0, 0.1) is 17.4 Å². The van der Waals surface area contributed by atoms with Gasteiger partial charge in [0.05, 0.1) is 18.5 Å². The molecule has 116 valence electrons. The second-order valence-electron chi connectivity index (χ2n) is 4.95. The highest BCUT2D eigenvalue weighted by atomic mass is 127. The van der Waals surface area contributed by atoms with Gasteiger partial charge in [-0.2, -0.15) is 10.2 Å². The Morgan fingerprint density at radius 3 is 2.86 bits per heavy atom. The molecule has 0 aliphatic carbocycles. The number of benzene rings is 1. The second kappa shape index (κ2) is 7.39. The fourth-order valence-corrected chi connectivity index (χ4v) is 2.23. The number of carbonyl (C=O) groups is 1. The molecule has 0 spiro atoms. The molecule has 1 amide bonds. The Morgan fingerprint density at radius 1 is 1.45 bits per heavy atom. The molecule has 1 aromatic heterocycles. The van der Waals surface area contributed by atoms with E-state index < -0.39 is 0 Å². The highest BCUT2D eigenvalue weighted by Crippen LogP contribution is 2.16. The van der Waals surface area contributed by atoms with Gasteiger partial charge in [-0.05, 0) is 60.2 Å². The maximum absolute atomic E-state index is 11.7. The monoisotopic (exact) mass is 411 g/mol. The van der Waals surface area contributed by atoms with E-state index in [1.165, 1.54) is 9.13 Å². The molecule has 0 atom stereocenters. The van der Waals surface area contributed by atoms with Crippen LogP contribution in [0.2, 0.25) is 0 Å². The summed E-state index contributed by atoms with van der Waals surface area (Å²) in [5, 5.41) is 11.2. The van der Waals surface area contributed by atoms with E-state index in [0.717, 1.165) is 16.9 Å². The summed E-state index contributed by atoms with van der Waals surface area (Å²) in [6.45, 7) is 4.10. The summed E-state index contributed by atoms with van der Waals surface area (Å²) in [6.07, 6.45) is 3.44. The number of hydrazone groups is 1. The molecule has 2 aromatic rings. The zero-order valence-electron chi connectivity index (χ0n) is 12.7. The molecular weight excluding hydrogens is 393 g/mol. The average Bonchev–Trinajstić information content (AvgIpc) is 2.78. The lowest BCUT2D eigenvalue weighted by Gasteiger charge is -2.07. The first kappa shape index (κ1) is 16.5. The molecule has 0 saturated carbocycles. The Morgan fingerprint density at radius 2 is 2.23 bits per heavy atom. The molecular formula is C15H18IN5O. The number of nitrogens with zero attached hydrogens (tertiary/aromatic N) is 3. The van der Waals surface area contributed by atoms with Crippen LogP contribution in [0.25, 0.3) is 0 Å². The van der Waals surface area contributed by atoms with Crippen LogP contribution in [0.3, 0.4) is 0 Å². The maximum Gasteiger partial charge on any atom is 0.259 e. The summed E-state index contributed by atoms with van der Waals surface area (Å²) in [4.78, 5) is 11.7. The summed E-state index contributed by atoms with van der Waals surface area (Å²) in [5.41, 5.74) is 6.33. The Hall–Kier alpha value is -1.90. The fraction of sp³-hybridized carbons (Fsp3) is 0.267. The van der Waals surface area contributed by atoms with E-state index in [9.17, 15) is 4.79 Å². The van der Waals surface area contributed by atoms with Crippen molar-refractivity contribution in [2.45, 2.75) is 13.8 Å². The van der Waals surface area contributed by atoms with Gasteiger partial charge in [0.25, 0.3) is 5.91 Å². The largest absolute Gasteiger partial charge is 0.376 e. The van der Waals surface area contributed by atoms with Gasteiger partial charge in [-0.3, -0.25) is 9.48 Å². The number of rotatable bonds is 5. The van der Waals surface area contributed by atoms with E-state index in [2.05, 4.69) is 43.5 Å². The third-order valence-electron chi connectivity index (χ3n) is 3.06. The molecule has 1 aromatic carbocycles. The van der Waals surface area contributed by atoms with Crippen LogP contribution in [0.15, 0.2) is 29.5 Å². The second-order valence-corrected chi connectivity index (χ2v) is 6.12. The number of aryl methyl sites for hydroxylation is 3. The van der Waals surface area contributed by atoms with Crippen molar-refractivity contribution in [3.8, 4) is 0 Å². The van der Waals surface area contributed by atoms with Crippen molar-refractivity contribution in [3.63, 3.8) is 0 Å². The summed E-state index contributed by atoms with van der Waals surface area (Å²) in [6, 6.07) is 5.97. The minimum Gasteiger partial charge on any atom is -0.376 e. The third-order valence-corrected chi connectivity index (χ3v) is 4.27. The lowest BCUT2D eigenvalue weighted by molar-refractivity contribution is -0.119. The highest BCUT2D eigenvalue weighted by molar-refractivity contribution is 14.1. The average molecular weight is 411 g/mol. The minimum absolute atomic E-state index is 0.170. The molecule has 1 heterocycles. The van der Waals surface area contributed by atoms with E-state index >= 15 is 0 Å². The number of hydrogen-bond acceptors (Lipinski definition) is 4. The lowest BCUT2D eigenvalue weighted by Crippen LogP contribution is -2.25. The Kier molecular flexibility index (Phi) is 5.53. The molecule has 0 radical (unpaired) electrons. The molecule has 0 aliphatic heterocycles. The molecule has 0 fully saturated rings. The van der Waals surface area contributed by atoms with E-state index in [4.69, 9.17) is 0 Å². The number of aromatic nitrogens is 2. The fourth-order valence-electron chi connectivity index (χ4n) is 1.89. The number of halogens is 1. The van der Waals surface area contributed by atoms with E-state index in [1.54, 1.807) is 10.9 Å². The van der Waals surface area contributed by atoms with Crippen molar-refractivity contribution in [1.29, 1.82) is 0 Å². The molecule has 7 heteroatoms. The van der Waals surface area contributed by atoms with Crippen molar-refractivity contribution in [2.75, 3.05) is 11.9 Å². The minimum atomic E-state index is -0.200. The van der Waals surface area contributed by atoms with Crippen LogP contribution in [-0.4, -0.2) is 28.4 Å². The SMILES string of the molecule is Cc1cc(NCC(=O)N/N=C/c2cn(C)nc2C)ccc1I. The number of nitrogens with one attached hydrogen (secondary N) is 2. The molecule has 6 nitrogen and oxygen atoms in total. The van der Waals surface area contributed by atoms with Gasteiger partial charge in [0.15, 0.2) is 0 Å². The number of amides is 1. The summed E-state index contributed by atoms with van der Waals surface area (Å²) in [7, 11) is 1.84. The van der Waals surface area contributed by atoms with Gasteiger partial charge in [-0.15, -0.1) is 0 Å². The van der Waals surface area contributed by atoms with Crippen molar-refractivity contribution in [3.05, 3.63) is 44.8 Å². The van der Waals surface area contributed by atoms with Gasteiger partial charge in [-0.25, -0.2) is 5.43 Å². The number of hydrogen-bond donors (Lipinski definition) is 2. The van der Waals surface area contributed by atoms with Crippen molar-refractivity contribution in [1.82, 2.24) is 15.2 Å². The van der Waals surface area contributed by atoms with E-state index in [1.807, 2.05) is 45.3 Å². The predicted molar refractivity (Wildman–Crippen MR) is 96.1 cm³/mol. The van der Waals surface area contributed by atoms with Gasteiger partial charge in [-0.1, -0.05) is 0 Å². The van der Waals surface area contributed by atoms with Crippen LogP contribution in [0.5, 0.6) is 0 Å². The van der Waals surface area contributed by atoms with Crippen LogP contribution in [0.1, 0.15) is 16.8 Å². The summed E-state index contributed by atoms with van der Waals surface area (Å²) in [5.74, 6) is -0.200. The van der Waals surface area contributed by atoms with E-state index in [-0.39, 0.29) is 12.5 Å². The van der Waals surface area contributed by atoms with Crippen molar-refractivity contribution >= 4 is 40.4 Å². The molecule has 0 aliphatic rings. The maximum atomic E-state index is 11.7. The smallest absolute Gasteiger partial charge is 0.259 e. The quantitative estimate of drug-likeness (QED) is 0.450. The first-order valence-corrected chi connectivity index (χ1v) is 7.86. The first-order valence-electron chi connectivity index (χ1n) is 6.78. The summed E-state index contributed by atoms with van der Waals surface area (Å²) >= 11 is 2.28. The van der Waals surface area contributed by atoms with Crippen LogP contribution in [0.4, 0.5) is 5.69 Å². The highest BCUT2D eigenvalue weighted by Gasteiger charge is 2.02. The molecule has 22 heavy (non-hydrogen) atoms. The van der Waals surface area contributed by atoms with Gasteiger partial charge in [0.2, 0.25) is 0 Å². The molecule has 2 rings (SSSR count). The predicted octanol–water partition coefficient (Wildman–Crippen LogP) is 2.20. The van der Waals surface area contributed by atoms with Crippen molar-refractivity contribution in [2.24, 2.45) is 12.1 Å². The topological polar surface area (TPSA) is 71.3 Å². The number of anilines is 1. The van der Waals surface area contributed by atoms with E-state index in [0.29, 0.717) is 0 Å². The van der Waals surface area contributed by atoms with Crippen molar-refractivity contribution < 1.29 is 4.79 Å². The van der Waals surface area contributed by atoms with Crippen LogP contribution < -0.4 is 10.7 Å².